The summed E-state index contributed by atoms with van der Waals surface area (Å²) in [5, 5.41) is 5.73. The molecule has 2 amide bonds. The fourth-order valence-electron chi connectivity index (χ4n) is 2.60. The van der Waals surface area contributed by atoms with Crippen LogP contribution in [0.5, 0.6) is 0 Å². The van der Waals surface area contributed by atoms with Gasteiger partial charge in [0.25, 0.3) is 0 Å². The first-order valence-electron chi connectivity index (χ1n) is 8.68. The number of para-hydroxylation sites is 1. The van der Waals surface area contributed by atoms with Crippen LogP contribution in [-0.4, -0.2) is 11.8 Å². The SMILES string of the molecule is CC(C)c1ccc(NC(=O)C[C@@H](C)CC(=O)Nc2ccccc2)cc1. The van der Waals surface area contributed by atoms with E-state index < -0.39 is 0 Å². The maximum Gasteiger partial charge on any atom is 0.224 e. The van der Waals surface area contributed by atoms with E-state index in [1.54, 1.807) is 0 Å². The molecule has 4 heteroatoms. The number of amides is 2. The molecular formula is C21H26N2O2. The van der Waals surface area contributed by atoms with Gasteiger partial charge in [-0.15, -0.1) is 0 Å². The van der Waals surface area contributed by atoms with Crippen LogP contribution in [-0.2, 0) is 9.59 Å². The van der Waals surface area contributed by atoms with Gasteiger partial charge in [0.05, 0.1) is 0 Å². The predicted molar refractivity (Wildman–Crippen MR) is 103 cm³/mol. The second-order valence-corrected chi connectivity index (χ2v) is 6.75. The number of carbonyl (C=O) groups excluding carboxylic acids is 2. The molecule has 0 spiro atoms. The quantitative estimate of drug-likeness (QED) is 0.761. The van der Waals surface area contributed by atoms with Gasteiger partial charge in [-0.05, 0) is 41.7 Å². The van der Waals surface area contributed by atoms with Crippen LogP contribution in [0, 0.1) is 5.92 Å². The summed E-state index contributed by atoms with van der Waals surface area (Å²) in [4.78, 5) is 24.2. The van der Waals surface area contributed by atoms with E-state index in [1.807, 2.05) is 61.5 Å². The molecule has 132 valence electrons. The van der Waals surface area contributed by atoms with Gasteiger partial charge in [-0.2, -0.15) is 0 Å². The van der Waals surface area contributed by atoms with E-state index in [-0.39, 0.29) is 17.7 Å². The third-order valence-electron chi connectivity index (χ3n) is 3.99. The van der Waals surface area contributed by atoms with Crippen molar-refractivity contribution >= 4 is 23.2 Å². The molecule has 0 saturated heterocycles. The van der Waals surface area contributed by atoms with E-state index in [1.165, 1.54) is 5.56 Å². The lowest BCUT2D eigenvalue weighted by atomic mass is 10.0. The van der Waals surface area contributed by atoms with Gasteiger partial charge in [0.15, 0.2) is 0 Å². The van der Waals surface area contributed by atoms with Crippen LogP contribution in [0.1, 0.15) is 45.1 Å². The van der Waals surface area contributed by atoms with Crippen LogP contribution < -0.4 is 10.6 Å². The summed E-state index contributed by atoms with van der Waals surface area (Å²) in [5.41, 5.74) is 2.80. The van der Waals surface area contributed by atoms with Crippen LogP contribution >= 0.6 is 0 Å². The standard InChI is InChI=1S/C21H26N2O2/c1-15(2)17-9-11-19(12-10-17)23-21(25)14-16(3)13-20(24)22-18-7-5-4-6-8-18/h4-12,15-16H,13-14H2,1-3H3,(H,22,24)(H,23,25)/t16-/m0/s1. The Hall–Kier alpha value is -2.62. The smallest absolute Gasteiger partial charge is 0.224 e. The minimum atomic E-state index is -0.0761. The van der Waals surface area contributed by atoms with Gasteiger partial charge >= 0.3 is 0 Å². The average molecular weight is 338 g/mol. The van der Waals surface area contributed by atoms with Crippen molar-refractivity contribution in [2.45, 2.75) is 39.5 Å². The fourth-order valence-corrected chi connectivity index (χ4v) is 2.60. The molecular weight excluding hydrogens is 312 g/mol. The van der Waals surface area contributed by atoms with Gasteiger partial charge in [-0.3, -0.25) is 9.59 Å². The lowest BCUT2D eigenvalue weighted by Crippen LogP contribution is -2.20. The van der Waals surface area contributed by atoms with Gasteiger partial charge in [0, 0.05) is 24.2 Å². The normalized spacial score (nSPS) is 11.8. The van der Waals surface area contributed by atoms with Gasteiger partial charge in [-0.25, -0.2) is 0 Å². The minimum Gasteiger partial charge on any atom is -0.326 e. The maximum absolute atomic E-state index is 12.1. The third kappa shape index (κ3) is 6.42. The van der Waals surface area contributed by atoms with Crippen molar-refractivity contribution in [2.75, 3.05) is 10.6 Å². The van der Waals surface area contributed by atoms with E-state index in [0.717, 1.165) is 11.4 Å². The summed E-state index contributed by atoms with van der Waals surface area (Å²) in [7, 11) is 0. The largest absolute Gasteiger partial charge is 0.326 e. The molecule has 0 saturated carbocycles. The summed E-state index contributed by atoms with van der Waals surface area (Å²) in [6.45, 7) is 6.18. The highest BCUT2D eigenvalue weighted by atomic mass is 16.2. The molecule has 2 rings (SSSR count). The van der Waals surface area contributed by atoms with Crippen molar-refractivity contribution < 1.29 is 9.59 Å². The van der Waals surface area contributed by atoms with E-state index in [4.69, 9.17) is 0 Å². The van der Waals surface area contributed by atoms with Gasteiger partial charge < -0.3 is 10.6 Å². The molecule has 2 aromatic rings. The number of carbonyl (C=O) groups is 2. The third-order valence-corrected chi connectivity index (χ3v) is 3.99. The van der Waals surface area contributed by atoms with Crippen LogP contribution in [0.15, 0.2) is 54.6 Å². The summed E-state index contributed by atoms with van der Waals surface area (Å²) in [5.74, 6) is 0.289. The Kier molecular flexibility index (Phi) is 6.75. The van der Waals surface area contributed by atoms with Crippen LogP contribution in [0.4, 0.5) is 11.4 Å². The average Bonchev–Trinajstić information content (AvgIpc) is 2.55. The summed E-state index contributed by atoms with van der Waals surface area (Å²) in [6.07, 6.45) is 0.628. The minimum absolute atomic E-state index is 0.0290. The molecule has 0 unspecified atom stereocenters. The molecule has 0 aromatic heterocycles. The predicted octanol–water partition coefficient (Wildman–Crippen LogP) is 4.80. The Bertz CT molecular complexity index is 694. The zero-order chi connectivity index (χ0) is 18.2. The summed E-state index contributed by atoms with van der Waals surface area (Å²) >= 11 is 0. The van der Waals surface area contributed by atoms with Crippen LogP contribution in [0.2, 0.25) is 0 Å². The Morgan fingerprint density at radius 3 is 1.72 bits per heavy atom. The fraction of sp³-hybridized carbons (Fsp3) is 0.333. The summed E-state index contributed by atoms with van der Waals surface area (Å²) in [6, 6.07) is 17.2. The molecule has 2 aromatic carbocycles. The van der Waals surface area contributed by atoms with Crippen molar-refractivity contribution in [1.82, 2.24) is 0 Å². The van der Waals surface area contributed by atoms with E-state index in [2.05, 4.69) is 24.5 Å². The van der Waals surface area contributed by atoms with Crippen LogP contribution in [0.3, 0.4) is 0 Å². The topological polar surface area (TPSA) is 58.2 Å². The Balaban J connectivity index is 1.78. The zero-order valence-electron chi connectivity index (χ0n) is 15.1. The lowest BCUT2D eigenvalue weighted by Gasteiger charge is -2.12. The number of anilines is 2. The number of nitrogens with one attached hydrogen (secondary N) is 2. The monoisotopic (exact) mass is 338 g/mol. The second kappa shape index (κ2) is 9.02. The van der Waals surface area contributed by atoms with Crippen LogP contribution in [0.25, 0.3) is 0 Å². The molecule has 0 heterocycles. The number of hydrogen-bond acceptors (Lipinski definition) is 2. The lowest BCUT2D eigenvalue weighted by molar-refractivity contribution is -0.118. The highest BCUT2D eigenvalue weighted by Crippen LogP contribution is 2.18. The van der Waals surface area contributed by atoms with Crippen molar-refractivity contribution in [3.8, 4) is 0 Å². The highest BCUT2D eigenvalue weighted by Gasteiger charge is 2.14. The molecule has 25 heavy (non-hydrogen) atoms. The molecule has 0 radical (unpaired) electrons. The molecule has 4 nitrogen and oxygen atoms in total. The Morgan fingerprint density at radius 2 is 1.24 bits per heavy atom. The van der Waals surface area contributed by atoms with Crippen molar-refractivity contribution in [3.05, 3.63) is 60.2 Å². The second-order valence-electron chi connectivity index (χ2n) is 6.75. The number of hydrogen-bond donors (Lipinski definition) is 2. The van der Waals surface area contributed by atoms with Crippen molar-refractivity contribution in [3.63, 3.8) is 0 Å². The first-order chi connectivity index (χ1) is 11.9. The Labute approximate surface area is 149 Å². The first kappa shape index (κ1) is 18.7. The van der Waals surface area contributed by atoms with E-state index in [0.29, 0.717) is 18.8 Å². The van der Waals surface area contributed by atoms with Gasteiger partial charge in [0.2, 0.25) is 11.8 Å². The first-order valence-corrected chi connectivity index (χ1v) is 8.68. The van der Waals surface area contributed by atoms with Gasteiger partial charge in [-0.1, -0.05) is 51.1 Å². The van der Waals surface area contributed by atoms with Gasteiger partial charge in [0.1, 0.15) is 0 Å². The molecule has 0 aliphatic carbocycles. The highest BCUT2D eigenvalue weighted by molar-refractivity contribution is 5.93. The summed E-state index contributed by atoms with van der Waals surface area (Å²) < 4.78 is 0. The number of rotatable bonds is 7. The molecule has 0 bridgehead atoms. The van der Waals surface area contributed by atoms with E-state index >= 15 is 0 Å². The zero-order valence-corrected chi connectivity index (χ0v) is 15.1. The van der Waals surface area contributed by atoms with E-state index in [9.17, 15) is 9.59 Å². The number of benzene rings is 2. The van der Waals surface area contributed by atoms with Crippen molar-refractivity contribution in [2.24, 2.45) is 5.92 Å². The molecule has 0 fully saturated rings. The Morgan fingerprint density at radius 1 is 0.760 bits per heavy atom. The molecule has 1 atom stereocenters. The maximum atomic E-state index is 12.1. The molecule has 0 aliphatic heterocycles. The molecule has 0 aliphatic rings. The van der Waals surface area contributed by atoms with Crippen molar-refractivity contribution in [1.29, 1.82) is 0 Å². The molecule has 2 N–H and O–H groups in total.